The van der Waals surface area contributed by atoms with E-state index >= 15 is 0 Å². The van der Waals surface area contributed by atoms with Crippen LogP contribution in [0.1, 0.15) is 34.6 Å². The highest BCUT2D eigenvalue weighted by atomic mass is 28.2. The number of hydrogen-bond acceptors (Lipinski definition) is 0. The van der Waals surface area contributed by atoms with Gasteiger partial charge in [0.1, 0.15) is 0 Å². The predicted molar refractivity (Wildman–Crippen MR) is 47.7 cm³/mol. The molecule has 0 heterocycles. The number of hydrogen-bond donors (Lipinski definition) is 0. The van der Waals surface area contributed by atoms with Crippen molar-refractivity contribution in [3.8, 4) is 0 Å². The Hall–Kier alpha value is 0.0869. The van der Waals surface area contributed by atoms with E-state index in [1.165, 1.54) is 0 Å². The average Bonchev–Trinajstić information content (AvgIpc) is 1.14. The van der Waals surface area contributed by atoms with Crippen LogP contribution in [0.5, 0.6) is 0 Å². The summed E-state index contributed by atoms with van der Waals surface area (Å²) in [6.45, 7) is 15.5. The minimum absolute atomic E-state index is 0.0231. The van der Waals surface area contributed by atoms with Crippen molar-refractivity contribution in [2.24, 2.45) is 0 Å². The summed E-state index contributed by atoms with van der Waals surface area (Å²) in [6.07, 6.45) is 0. The minimum Gasteiger partial charge on any atom is -0.0630 e. The summed E-state index contributed by atoms with van der Waals surface area (Å²) in [5.41, 5.74) is 0. The molecule has 0 fully saturated rings. The molecule has 0 rings (SSSR count). The Morgan fingerprint density at radius 2 is 1.33 bits per heavy atom. The Balaban J connectivity index is 3.75. The van der Waals surface area contributed by atoms with E-state index in [1.807, 2.05) is 0 Å². The molecule has 0 aliphatic rings. The lowest BCUT2D eigenvalue weighted by Gasteiger charge is -2.22. The summed E-state index contributed by atoms with van der Waals surface area (Å²) in [5, 5.41) is 0.934. The van der Waals surface area contributed by atoms with Gasteiger partial charge in [-0.2, -0.15) is 0 Å². The van der Waals surface area contributed by atoms with Gasteiger partial charge >= 0.3 is 0 Å². The van der Waals surface area contributed by atoms with Gasteiger partial charge in [0.05, 0.1) is 21.5 Å². The molecular weight excluding hydrogens is 124 g/mol. The Morgan fingerprint density at radius 3 is 1.33 bits per heavy atom. The Kier molecular flexibility index (Phi) is 2.39. The molecule has 0 radical (unpaired) electrons. The Morgan fingerprint density at radius 1 is 1.00 bits per heavy atom. The van der Waals surface area contributed by atoms with E-state index < -0.39 is 0 Å². The van der Waals surface area contributed by atoms with Crippen molar-refractivity contribution in [2.45, 2.75) is 44.7 Å². The van der Waals surface area contributed by atoms with Gasteiger partial charge in [-0.05, 0) is 18.9 Å². The lowest BCUT2D eigenvalue weighted by molar-refractivity contribution is 0.701. The Labute approximate surface area is 61.9 Å². The minimum atomic E-state index is -0.0231. The van der Waals surface area contributed by atoms with Gasteiger partial charge in [-0.25, -0.2) is 0 Å². The van der Waals surface area contributed by atoms with Gasteiger partial charge in [0.2, 0.25) is 0 Å². The van der Waals surface area contributed by atoms with Crippen LogP contribution in [0, 0.1) is 6.92 Å². The fourth-order valence-electron chi connectivity index (χ4n) is 1.44. The van der Waals surface area contributed by atoms with Crippen LogP contribution in [0.2, 0.25) is 10.1 Å². The SMILES string of the molecule is [CH2+]C(C)(C)[SiH2]C(C)(C)C. The van der Waals surface area contributed by atoms with E-state index in [-0.39, 0.29) is 9.52 Å². The van der Waals surface area contributed by atoms with Crippen LogP contribution in [-0.2, 0) is 0 Å². The molecule has 0 N–H and O–H groups in total. The molecule has 0 aliphatic heterocycles. The van der Waals surface area contributed by atoms with E-state index in [1.54, 1.807) is 0 Å². The third-order valence-electron chi connectivity index (χ3n) is 1.01. The third-order valence-corrected chi connectivity index (χ3v) is 3.03. The van der Waals surface area contributed by atoms with E-state index in [2.05, 4.69) is 41.5 Å². The normalized spacial score (nSPS) is 15.2. The maximum Gasteiger partial charge on any atom is 0.0879 e. The van der Waals surface area contributed by atoms with Gasteiger partial charge in [0.15, 0.2) is 0 Å². The standard InChI is InChI=1S/C8H19Si/c1-7(2,3)9-8(4,5)6/h1,9H2,2-6H3/q+1. The second kappa shape index (κ2) is 2.37. The second-order valence-corrected chi connectivity index (χ2v) is 9.29. The van der Waals surface area contributed by atoms with Crippen molar-refractivity contribution < 1.29 is 0 Å². The molecule has 0 unspecified atom stereocenters. The van der Waals surface area contributed by atoms with Crippen molar-refractivity contribution in [1.82, 2.24) is 0 Å². The fourth-order valence-corrected chi connectivity index (χ4v) is 4.31. The van der Waals surface area contributed by atoms with Crippen molar-refractivity contribution in [2.75, 3.05) is 0 Å². The first-order chi connectivity index (χ1) is 3.71. The summed E-state index contributed by atoms with van der Waals surface area (Å²) in [5.74, 6) is 0. The highest BCUT2D eigenvalue weighted by Gasteiger charge is 2.26. The smallest absolute Gasteiger partial charge is 0.0630 e. The quantitative estimate of drug-likeness (QED) is 0.390. The van der Waals surface area contributed by atoms with Crippen molar-refractivity contribution in [1.29, 1.82) is 0 Å². The van der Waals surface area contributed by atoms with E-state index in [0.29, 0.717) is 10.1 Å². The molecular formula is C8H19Si+. The van der Waals surface area contributed by atoms with Crippen LogP contribution < -0.4 is 0 Å². The molecule has 0 saturated carbocycles. The van der Waals surface area contributed by atoms with Crippen LogP contribution in [0.25, 0.3) is 0 Å². The molecule has 0 saturated heterocycles. The van der Waals surface area contributed by atoms with Crippen molar-refractivity contribution >= 4 is 9.52 Å². The highest BCUT2D eigenvalue weighted by Crippen LogP contribution is 2.33. The zero-order valence-electron chi connectivity index (χ0n) is 7.41. The largest absolute Gasteiger partial charge is 0.0879 e. The molecule has 1 heteroatoms. The molecule has 9 heavy (non-hydrogen) atoms. The van der Waals surface area contributed by atoms with Crippen LogP contribution in [-0.4, -0.2) is 9.52 Å². The lowest BCUT2D eigenvalue weighted by atomic mass is 10.2. The van der Waals surface area contributed by atoms with Crippen molar-refractivity contribution in [3.63, 3.8) is 0 Å². The van der Waals surface area contributed by atoms with Crippen LogP contribution >= 0.6 is 0 Å². The van der Waals surface area contributed by atoms with Crippen LogP contribution in [0.15, 0.2) is 0 Å². The van der Waals surface area contributed by atoms with Gasteiger partial charge in [-0.3, -0.25) is 0 Å². The molecule has 0 aromatic rings. The van der Waals surface area contributed by atoms with Gasteiger partial charge in [-0.15, -0.1) is 0 Å². The maximum absolute atomic E-state index is 4.12. The molecule has 54 valence electrons. The predicted octanol–water partition coefficient (Wildman–Crippen LogP) is 2.41. The first-order valence-electron chi connectivity index (χ1n) is 3.56. The van der Waals surface area contributed by atoms with Crippen LogP contribution in [0.4, 0.5) is 0 Å². The maximum atomic E-state index is 4.12. The molecule has 0 aliphatic carbocycles. The summed E-state index contributed by atoms with van der Waals surface area (Å²) in [7, 11) is -0.0231. The molecule has 0 amide bonds. The summed E-state index contributed by atoms with van der Waals surface area (Å²) in [4.78, 5) is 0. The molecule has 0 aromatic carbocycles. The highest BCUT2D eigenvalue weighted by molar-refractivity contribution is 6.43. The molecule has 0 bridgehead atoms. The van der Waals surface area contributed by atoms with Gasteiger partial charge in [0.25, 0.3) is 0 Å². The van der Waals surface area contributed by atoms with E-state index in [9.17, 15) is 0 Å². The lowest BCUT2D eigenvalue weighted by Crippen LogP contribution is -2.18. The van der Waals surface area contributed by atoms with Gasteiger partial charge < -0.3 is 0 Å². The fraction of sp³-hybridized carbons (Fsp3) is 0.875. The Bertz CT molecular complexity index is 69.7. The molecule has 0 atom stereocenters. The first-order valence-corrected chi connectivity index (χ1v) is 4.97. The summed E-state index contributed by atoms with van der Waals surface area (Å²) >= 11 is 0. The van der Waals surface area contributed by atoms with E-state index in [4.69, 9.17) is 0 Å². The summed E-state index contributed by atoms with van der Waals surface area (Å²) in [6, 6.07) is 0. The average molecular weight is 143 g/mol. The first kappa shape index (κ1) is 9.09. The van der Waals surface area contributed by atoms with Crippen LogP contribution in [0.3, 0.4) is 0 Å². The van der Waals surface area contributed by atoms with Crippen molar-refractivity contribution in [3.05, 3.63) is 6.92 Å². The van der Waals surface area contributed by atoms with E-state index in [0.717, 1.165) is 0 Å². The molecule has 0 aromatic heterocycles. The molecule has 0 nitrogen and oxygen atoms in total. The zero-order chi connectivity index (χ0) is 7.71. The third kappa shape index (κ3) is 8.09. The molecule has 0 spiro atoms. The monoisotopic (exact) mass is 143 g/mol. The van der Waals surface area contributed by atoms with Gasteiger partial charge in [-0.1, -0.05) is 20.8 Å². The topological polar surface area (TPSA) is 0 Å². The number of rotatable bonds is 1. The van der Waals surface area contributed by atoms with Gasteiger partial charge in [0, 0.05) is 0 Å². The summed E-state index contributed by atoms with van der Waals surface area (Å²) < 4.78 is 0. The second-order valence-electron chi connectivity index (χ2n) is 4.90. The zero-order valence-corrected chi connectivity index (χ0v) is 8.83.